The molecule has 1 atom stereocenters. The van der Waals surface area contributed by atoms with Gasteiger partial charge in [-0.05, 0) is 46.6 Å². The van der Waals surface area contributed by atoms with E-state index in [9.17, 15) is 19.5 Å². The Morgan fingerprint density at radius 1 is 1.39 bits per heavy atom. The first-order chi connectivity index (χ1) is 10.8. The molecule has 1 N–H and O–H groups in total. The Labute approximate surface area is 140 Å². The third-order valence-electron chi connectivity index (χ3n) is 3.12. The second kappa shape index (κ2) is 6.78. The molecule has 23 heavy (non-hydrogen) atoms. The van der Waals surface area contributed by atoms with Gasteiger partial charge in [-0.25, -0.2) is 0 Å². The van der Waals surface area contributed by atoms with Gasteiger partial charge in [0.25, 0.3) is 0 Å². The van der Waals surface area contributed by atoms with E-state index in [-0.39, 0.29) is 17.3 Å². The molecular formula is C16H13BrO6. The maximum atomic E-state index is 12.1. The number of methoxy groups -OCH3 is 1. The number of rotatable bonds is 4. The number of cyclic esters (lactones) is 1. The molecule has 2 rings (SSSR count). The fraction of sp³-hybridized carbons (Fsp3) is 0.188. The van der Waals surface area contributed by atoms with Gasteiger partial charge in [0.05, 0.1) is 11.6 Å². The molecule has 0 radical (unpaired) electrons. The summed E-state index contributed by atoms with van der Waals surface area (Å²) in [6, 6.07) is 3.07. The molecule has 7 heteroatoms. The van der Waals surface area contributed by atoms with Crippen molar-refractivity contribution in [3.8, 4) is 11.5 Å². The van der Waals surface area contributed by atoms with Gasteiger partial charge in [-0.3, -0.25) is 14.4 Å². The van der Waals surface area contributed by atoms with Gasteiger partial charge in [0.1, 0.15) is 5.76 Å². The summed E-state index contributed by atoms with van der Waals surface area (Å²) in [5.41, 5.74) is 0.545. The SMILES string of the molecule is COc1cc(/C=C\C(=O)[C@H]2C(=O)C=C(C)OC2=O)cc(Br)c1O. The average Bonchev–Trinajstić information content (AvgIpc) is 2.47. The van der Waals surface area contributed by atoms with Crippen LogP contribution in [0.1, 0.15) is 12.5 Å². The predicted octanol–water partition coefficient (Wildman–Crippen LogP) is 2.39. The number of hydrogen-bond donors (Lipinski definition) is 1. The van der Waals surface area contributed by atoms with Crippen molar-refractivity contribution >= 4 is 39.5 Å². The highest BCUT2D eigenvalue weighted by Crippen LogP contribution is 2.35. The molecule has 0 spiro atoms. The Morgan fingerprint density at radius 3 is 2.70 bits per heavy atom. The van der Waals surface area contributed by atoms with E-state index in [2.05, 4.69) is 15.9 Å². The molecule has 120 valence electrons. The lowest BCUT2D eigenvalue weighted by Crippen LogP contribution is -2.34. The monoisotopic (exact) mass is 380 g/mol. The maximum absolute atomic E-state index is 12.1. The van der Waals surface area contributed by atoms with Crippen molar-refractivity contribution in [3.05, 3.63) is 40.1 Å². The number of halogens is 1. The van der Waals surface area contributed by atoms with Gasteiger partial charge >= 0.3 is 5.97 Å². The average molecular weight is 381 g/mol. The Hall–Kier alpha value is -2.41. The van der Waals surface area contributed by atoms with Crippen LogP contribution in [-0.4, -0.2) is 29.8 Å². The number of phenols is 1. The minimum atomic E-state index is -1.47. The van der Waals surface area contributed by atoms with Crippen LogP contribution in [0.4, 0.5) is 0 Å². The van der Waals surface area contributed by atoms with Crippen molar-refractivity contribution in [3.63, 3.8) is 0 Å². The van der Waals surface area contributed by atoms with E-state index in [1.54, 1.807) is 6.07 Å². The van der Waals surface area contributed by atoms with Gasteiger partial charge in [0.2, 0.25) is 0 Å². The zero-order valence-electron chi connectivity index (χ0n) is 12.3. The van der Waals surface area contributed by atoms with E-state index >= 15 is 0 Å². The lowest BCUT2D eigenvalue weighted by atomic mass is 9.96. The number of carbonyl (C=O) groups excluding carboxylic acids is 3. The molecule has 0 aliphatic carbocycles. The van der Waals surface area contributed by atoms with Crippen LogP contribution < -0.4 is 4.74 Å². The minimum Gasteiger partial charge on any atom is -0.503 e. The number of allylic oxidation sites excluding steroid dienone is 3. The lowest BCUT2D eigenvalue weighted by molar-refractivity contribution is -0.151. The summed E-state index contributed by atoms with van der Waals surface area (Å²) in [6.07, 6.45) is 3.66. The summed E-state index contributed by atoms with van der Waals surface area (Å²) in [7, 11) is 1.39. The van der Waals surface area contributed by atoms with E-state index in [0.29, 0.717) is 10.0 Å². The van der Waals surface area contributed by atoms with Crippen molar-refractivity contribution in [2.75, 3.05) is 7.11 Å². The zero-order valence-corrected chi connectivity index (χ0v) is 13.9. The topological polar surface area (TPSA) is 89.9 Å². The van der Waals surface area contributed by atoms with Crippen molar-refractivity contribution in [1.29, 1.82) is 0 Å². The first kappa shape index (κ1) is 17.0. The van der Waals surface area contributed by atoms with Gasteiger partial charge in [-0.15, -0.1) is 0 Å². The van der Waals surface area contributed by atoms with Gasteiger partial charge in [0, 0.05) is 6.08 Å². The highest BCUT2D eigenvalue weighted by atomic mass is 79.9. The molecule has 6 nitrogen and oxygen atoms in total. The molecular weight excluding hydrogens is 368 g/mol. The number of phenolic OH excluding ortho intramolecular Hbond substituents is 1. The van der Waals surface area contributed by atoms with Crippen molar-refractivity contribution in [1.82, 2.24) is 0 Å². The normalized spacial score (nSPS) is 17.9. The van der Waals surface area contributed by atoms with Crippen molar-refractivity contribution < 1.29 is 29.0 Å². The number of benzene rings is 1. The Morgan fingerprint density at radius 2 is 2.09 bits per heavy atom. The van der Waals surface area contributed by atoms with Crippen LogP contribution in [0.5, 0.6) is 11.5 Å². The van der Waals surface area contributed by atoms with E-state index in [0.717, 1.165) is 12.2 Å². The van der Waals surface area contributed by atoms with Crippen LogP contribution in [0.3, 0.4) is 0 Å². The minimum absolute atomic E-state index is 0.0670. The van der Waals surface area contributed by atoms with Crippen LogP contribution in [0, 0.1) is 5.92 Å². The molecule has 1 heterocycles. The van der Waals surface area contributed by atoms with E-state index in [1.165, 1.54) is 26.2 Å². The quantitative estimate of drug-likeness (QED) is 0.490. The highest BCUT2D eigenvalue weighted by molar-refractivity contribution is 9.10. The van der Waals surface area contributed by atoms with Gasteiger partial charge in [0.15, 0.2) is 29.0 Å². The van der Waals surface area contributed by atoms with E-state index < -0.39 is 23.5 Å². The molecule has 0 saturated heterocycles. The van der Waals surface area contributed by atoms with Crippen LogP contribution in [0.25, 0.3) is 6.08 Å². The first-order valence-corrected chi connectivity index (χ1v) is 7.35. The molecule has 0 saturated carbocycles. The molecule has 1 aliphatic rings. The van der Waals surface area contributed by atoms with E-state index in [1.807, 2.05) is 0 Å². The van der Waals surface area contributed by atoms with Gasteiger partial charge < -0.3 is 14.6 Å². The fourth-order valence-electron chi connectivity index (χ4n) is 2.02. The fourth-order valence-corrected chi connectivity index (χ4v) is 2.48. The Balaban J connectivity index is 2.24. The Kier molecular flexibility index (Phi) is 5.00. The summed E-state index contributed by atoms with van der Waals surface area (Å²) >= 11 is 3.16. The second-order valence-electron chi connectivity index (χ2n) is 4.80. The number of ketones is 2. The predicted molar refractivity (Wildman–Crippen MR) is 84.7 cm³/mol. The van der Waals surface area contributed by atoms with Crippen LogP contribution in [-0.2, 0) is 19.1 Å². The standard InChI is InChI=1S/C16H13BrO6/c1-8-5-12(19)14(16(21)23-8)11(18)4-3-9-6-10(17)15(20)13(7-9)22-2/h3-7,14,20H,1-2H3/b4-3-/t14-/m0/s1. The molecule has 0 amide bonds. The number of carbonyl (C=O) groups is 3. The molecule has 1 aromatic carbocycles. The molecule has 1 aromatic rings. The molecule has 0 aromatic heterocycles. The van der Waals surface area contributed by atoms with Gasteiger partial charge in [-0.1, -0.05) is 6.08 Å². The van der Waals surface area contributed by atoms with Crippen LogP contribution in [0.15, 0.2) is 34.5 Å². The summed E-state index contributed by atoms with van der Waals surface area (Å²) in [5, 5.41) is 9.72. The number of hydrogen-bond acceptors (Lipinski definition) is 6. The maximum Gasteiger partial charge on any atom is 0.329 e. The lowest BCUT2D eigenvalue weighted by Gasteiger charge is -2.15. The number of esters is 1. The summed E-state index contributed by atoms with van der Waals surface area (Å²) in [4.78, 5) is 35.5. The van der Waals surface area contributed by atoms with Gasteiger partial charge in [-0.2, -0.15) is 0 Å². The Bertz CT molecular complexity index is 747. The highest BCUT2D eigenvalue weighted by Gasteiger charge is 2.36. The largest absolute Gasteiger partial charge is 0.503 e. The zero-order chi connectivity index (χ0) is 17.1. The van der Waals surface area contributed by atoms with Crippen molar-refractivity contribution in [2.45, 2.75) is 6.92 Å². The smallest absolute Gasteiger partial charge is 0.329 e. The van der Waals surface area contributed by atoms with Crippen LogP contribution >= 0.6 is 15.9 Å². The van der Waals surface area contributed by atoms with Crippen molar-refractivity contribution in [2.24, 2.45) is 5.92 Å². The molecule has 1 aliphatic heterocycles. The summed E-state index contributed by atoms with van der Waals surface area (Å²) in [6.45, 7) is 1.46. The second-order valence-corrected chi connectivity index (χ2v) is 5.66. The summed E-state index contributed by atoms with van der Waals surface area (Å²) < 4.78 is 10.2. The molecule has 0 bridgehead atoms. The summed E-state index contributed by atoms with van der Waals surface area (Å²) in [5.74, 6) is -3.31. The third-order valence-corrected chi connectivity index (χ3v) is 3.73. The first-order valence-electron chi connectivity index (χ1n) is 6.55. The molecule has 0 fully saturated rings. The number of aromatic hydroxyl groups is 1. The molecule has 0 unspecified atom stereocenters. The van der Waals surface area contributed by atoms with E-state index in [4.69, 9.17) is 9.47 Å². The number of ether oxygens (including phenoxy) is 2. The third kappa shape index (κ3) is 3.68. The van der Waals surface area contributed by atoms with Crippen LogP contribution in [0.2, 0.25) is 0 Å².